The van der Waals surface area contributed by atoms with E-state index in [4.69, 9.17) is 0 Å². The number of aromatic nitrogens is 4. The highest BCUT2D eigenvalue weighted by atomic mass is 32.1. The van der Waals surface area contributed by atoms with Crippen LogP contribution in [0.5, 0.6) is 0 Å². The largest absolute Gasteiger partial charge is 0.334 e. The zero-order valence-corrected chi connectivity index (χ0v) is 14.2. The van der Waals surface area contributed by atoms with E-state index in [0.717, 1.165) is 17.7 Å². The zero-order chi connectivity index (χ0) is 17.2. The summed E-state index contributed by atoms with van der Waals surface area (Å²) in [4.78, 5) is 16.9. The number of carbonyl (C=O) groups is 1. The van der Waals surface area contributed by atoms with Crippen LogP contribution in [0.1, 0.15) is 23.2 Å². The van der Waals surface area contributed by atoms with Crippen molar-refractivity contribution in [1.82, 2.24) is 25.1 Å². The molecular formula is C17H16FN5OS. The fourth-order valence-electron chi connectivity index (χ4n) is 3.10. The Hall–Kier alpha value is -2.61. The van der Waals surface area contributed by atoms with E-state index in [9.17, 15) is 9.18 Å². The van der Waals surface area contributed by atoms with E-state index in [-0.39, 0.29) is 17.5 Å². The van der Waals surface area contributed by atoms with Crippen molar-refractivity contribution in [2.75, 3.05) is 6.54 Å². The molecule has 6 nitrogen and oxygen atoms in total. The molecule has 1 aliphatic rings. The van der Waals surface area contributed by atoms with Crippen molar-refractivity contribution in [2.45, 2.75) is 25.4 Å². The summed E-state index contributed by atoms with van der Waals surface area (Å²) in [6, 6.07) is 9.91. The van der Waals surface area contributed by atoms with Crippen molar-refractivity contribution in [2.24, 2.45) is 0 Å². The molecule has 0 bridgehead atoms. The Morgan fingerprint density at radius 3 is 2.96 bits per heavy atom. The number of halogens is 1. The second kappa shape index (κ2) is 6.72. The van der Waals surface area contributed by atoms with Gasteiger partial charge in [-0.3, -0.25) is 4.79 Å². The third-order valence-corrected chi connectivity index (χ3v) is 5.18. The van der Waals surface area contributed by atoms with Gasteiger partial charge in [-0.15, -0.1) is 21.5 Å². The lowest BCUT2D eigenvalue weighted by Gasteiger charge is -2.24. The molecule has 8 heteroatoms. The molecule has 0 saturated carbocycles. The molecule has 1 aliphatic heterocycles. The average molecular weight is 357 g/mol. The lowest BCUT2D eigenvalue weighted by molar-refractivity contribution is 0.0713. The van der Waals surface area contributed by atoms with E-state index in [1.54, 1.807) is 28.4 Å². The number of hydrogen-bond acceptors (Lipinski definition) is 5. The van der Waals surface area contributed by atoms with Crippen LogP contribution in [0.3, 0.4) is 0 Å². The molecule has 0 radical (unpaired) electrons. The van der Waals surface area contributed by atoms with Crippen LogP contribution in [0.15, 0.2) is 41.8 Å². The van der Waals surface area contributed by atoms with Crippen LogP contribution in [0.25, 0.3) is 10.7 Å². The number of hydrogen-bond donors (Lipinski definition) is 0. The first-order chi connectivity index (χ1) is 12.2. The second-order valence-corrected chi connectivity index (χ2v) is 6.87. The van der Waals surface area contributed by atoms with Crippen molar-refractivity contribution in [1.29, 1.82) is 0 Å². The number of carbonyl (C=O) groups excluding carboxylic acids is 1. The Balaban J connectivity index is 1.50. The van der Waals surface area contributed by atoms with Crippen molar-refractivity contribution in [3.8, 4) is 10.7 Å². The van der Waals surface area contributed by atoms with Crippen LogP contribution in [0, 0.1) is 5.82 Å². The summed E-state index contributed by atoms with van der Waals surface area (Å²) in [6.45, 7) is 1.07. The van der Waals surface area contributed by atoms with Crippen molar-refractivity contribution >= 4 is 17.2 Å². The number of nitrogens with zero attached hydrogens (tertiary/aromatic N) is 5. The molecule has 0 N–H and O–H groups in total. The van der Waals surface area contributed by atoms with E-state index in [2.05, 4.69) is 15.4 Å². The lowest BCUT2D eigenvalue weighted by atomic mass is 10.1. The van der Waals surface area contributed by atoms with Crippen LogP contribution in [0.4, 0.5) is 4.39 Å². The summed E-state index contributed by atoms with van der Waals surface area (Å²) in [6.07, 6.45) is 1.73. The van der Waals surface area contributed by atoms with E-state index in [1.165, 1.54) is 16.9 Å². The maximum Gasteiger partial charge on any atom is 0.257 e. The highest BCUT2D eigenvalue weighted by Gasteiger charge is 2.31. The van der Waals surface area contributed by atoms with Gasteiger partial charge in [-0.2, -0.15) is 4.80 Å². The van der Waals surface area contributed by atoms with E-state index in [1.807, 2.05) is 17.5 Å². The molecule has 1 saturated heterocycles. The third-order valence-electron chi connectivity index (χ3n) is 4.31. The quantitative estimate of drug-likeness (QED) is 0.720. The number of likely N-dealkylation sites (tertiary alicyclic amines) is 1. The van der Waals surface area contributed by atoms with Gasteiger partial charge in [-0.25, -0.2) is 4.39 Å². The molecule has 1 amide bonds. The van der Waals surface area contributed by atoms with Gasteiger partial charge in [0.25, 0.3) is 5.91 Å². The summed E-state index contributed by atoms with van der Waals surface area (Å²) in [5.74, 6) is -0.184. The predicted molar refractivity (Wildman–Crippen MR) is 91.6 cm³/mol. The normalized spacial score (nSPS) is 17.2. The van der Waals surface area contributed by atoms with Crippen molar-refractivity contribution in [3.63, 3.8) is 0 Å². The van der Waals surface area contributed by atoms with Crippen LogP contribution >= 0.6 is 11.3 Å². The minimum atomic E-state index is -0.489. The highest BCUT2D eigenvalue weighted by Crippen LogP contribution is 2.23. The summed E-state index contributed by atoms with van der Waals surface area (Å²) in [5, 5.41) is 14.5. The average Bonchev–Trinajstić information content (AvgIpc) is 3.36. The molecule has 3 aromatic rings. The Morgan fingerprint density at radius 2 is 2.16 bits per heavy atom. The van der Waals surface area contributed by atoms with Gasteiger partial charge >= 0.3 is 0 Å². The van der Waals surface area contributed by atoms with Gasteiger partial charge in [0.05, 0.1) is 23.0 Å². The molecule has 2 aromatic heterocycles. The van der Waals surface area contributed by atoms with E-state index in [0.29, 0.717) is 18.9 Å². The SMILES string of the molecule is O=C(c1ccccc1F)N1CCC[C@@H]1Cn1nnc(-c2cccs2)n1. The first-order valence-corrected chi connectivity index (χ1v) is 8.97. The molecule has 0 unspecified atom stereocenters. The van der Waals surface area contributed by atoms with Crippen LogP contribution in [-0.2, 0) is 6.54 Å². The minimum absolute atomic E-state index is 0.0579. The van der Waals surface area contributed by atoms with E-state index >= 15 is 0 Å². The minimum Gasteiger partial charge on any atom is -0.334 e. The molecule has 1 fully saturated rings. The van der Waals surface area contributed by atoms with Gasteiger partial charge in [0.1, 0.15) is 5.82 Å². The molecule has 3 heterocycles. The molecule has 128 valence electrons. The molecular weight excluding hydrogens is 341 g/mol. The Morgan fingerprint density at radius 1 is 1.28 bits per heavy atom. The van der Waals surface area contributed by atoms with Gasteiger partial charge in [-0.05, 0) is 41.6 Å². The standard InChI is InChI=1S/C17H16FN5OS/c18-14-7-2-1-6-13(14)17(24)22-9-3-5-12(22)11-23-20-16(19-21-23)15-8-4-10-25-15/h1-2,4,6-8,10,12H,3,5,9,11H2/t12-/m1/s1. The van der Waals surface area contributed by atoms with Gasteiger partial charge in [0.2, 0.25) is 5.82 Å². The molecule has 1 aromatic carbocycles. The summed E-state index contributed by atoms with van der Waals surface area (Å²) >= 11 is 1.55. The topological polar surface area (TPSA) is 63.9 Å². The first kappa shape index (κ1) is 15.9. The zero-order valence-electron chi connectivity index (χ0n) is 13.4. The smallest absolute Gasteiger partial charge is 0.257 e. The van der Waals surface area contributed by atoms with Crippen LogP contribution in [-0.4, -0.2) is 43.6 Å². The Labute approximate surface area is 147 Å². The Kier molecular flexibility index (Phi) is 4.27. The number of rotatable bonds is 4. The first-order valence-electron chi connectivity index (χ1n) is 8.09. The molecule has 4 rings (SSSR count). The molecule has 0 aliphatic carbocycles. The maximum atomic E-state index is 13.9. The third kappa shape index (κ3) is 3.17. The second-order valence-electron chi connectivity index (χ2n) is 5.92. The van der Waals surface area contributed by atoms with Gasteiger partial charge < -0.3 is 4.90 Å². The number of benzene rings is 1. The predicted octanol–water partition coefficient (Wildman–Crippen LogP) is 2.85. The van der Waals surface area contributed by atoms with Gasteiger partial charge in [-0.1, -0.05) is 18.2 Å². The van der Waals surface area contributed by atoms with Gasteiger partial charge in [0, 0.05) is 6.54 Å². The molecule has 25 heavy (non-hydrogen) atoms. The monoisotopic (exact) mass is 357 g/mol. The number of tetrazole rings is 1. The number of amides is 1. The van der Waals surface area contributed by atoms with Gasteiger partial charge in [0.15, 0.2) is 0 Å². The van der Waals surface area contributed by atoms with Crippen molar-refractivity contribution in [3.05, 3.63) is 53.2 Å². The Bertz CT molecular complexity index is 879. The fraction of sp³-hybridized carbons (Fsp3) is 0.294. The lowest BCUT2D eigenvalue weighted by Crippen LogP contribution is -2.38. The van der Waals surface area contributed by atoms with Crippen molar-refractivity contribution < 1.29 is 9.18 Å². The van der Waals surface area contributed by atoms with Crippen LogP contribution in [0.2, 0.25) is 0 Å². The molecule has 0 spiro atoms. The summed E-state index contributed by atoms with van der Waals surface area (Å²) < 4.78 is 13.9. The van der Waals surface area contributed by atoms with Crippen LogP contribution < -0.4 is 0 Å². The van der Waals surface area contributed by atoms with E-state index < -0.39 is 5.82 Å². The highest BCUT2D eigenvalue weighted by molar-refractivity contribution is 7.13. The maximum absolute atomic E-state index is 13.9. The fourth-order valence-corrected chi connectivity index (χ4v) is 3.74. The molecule has 1 atom stereocenters. The number of thiophene rings is 1. The summed E-state index contributed by atoms with van der Waals surface area (Å²) in [7, 11) is 0. The summed E-state index contributed by atoms with van der Waals surface area (Å²) in [5.41, 5.74) is 0.111.